The van der Waals surface area contributed by atoms with E-state index in [2.05, 4.69) is 29.0 Å². The van der Waals surface area contributed by atoms with Gasteiger partial charge >= 0.3 is 0 Å². The number of hydrogen-bond acceptors (Lipinski definition) is 3. The summed E-state index contributed by atoms with van der Waals surface area (Å²) >= 11 is 0. The normalized spacial score (nSPS) is 38.0. The summed E-state index contributed by atoms with van der Waals surface area (Å²) in [4.78, 5) is 5.53. The van der Waals surface area contributed by atoms with Crippen LogP contribution in [0.4, 0.5) is 0 Å². The van der Waals surface area contributed by atoms with Gasteiger partial charge in [-0.25, -0.2) is 0 Å². The molecule has 122 valence electrons. The van der Waals surface area contributed by atoms with Gasteiger partial charge in [0.15, 0.2) is 0 Å². The minimum absolute atomic E-state index is 0.766. The highest BCUT2D eigenvalue weighted by molar-refractivity contribution is 4.91. The van der Waals surface area contributed by atoms with Gasteiger partial charge < -0.3 is 5.32 Å². The number of nitrogens with one attached hydrogen (secondary N) is 1. The Morgan fingerprint density at radius 3 is 2.86 bits per heavy atom. The molecule has 0 aromatic heterocycles. The summed E-state index contributed by atoms with van der Waals surface area (Å²) < 4.78 is 0. The SMILES string of the molecule is CCCNC1CCCC1CCN1CC2CCCN2CC1C. The molecule has 0 radical (unpaired) electrons. The maximum atomic E-state index is 3.79. The molecule has 3 rings (SSSR count). The minimum atomic E-state index is 0.766. The van der Waals surface area contributed by atoms with Crippen molar-refractivity contribution in [2.75, 3.05) is 32.7 Å². The van der Waals surface area contributed by atoms with E-state index in [1.807, 2.05) is 0 Å². The molecule has 21 heavy (non-hydrogen) atoms. The molecule has 0 aromatic carbocycles. The van der Waals surface area contributed by atoms with Gasteiger partial charge in [-0.05, 0) is 71.0 Å². The van der Waals surface area contributed by atoms with E-state index in [1.54, 1.807) is 0 Å². The second-order valence-electron chi connectivity index (χ2n) is 7.68. The van der Waals surface area contributed by atoms with Gasteiger partial charge in [0, 0.05) is 31.2 Å². The lowest BCUT2D eigenvalue weighted by Crippen LogP contribution is -2.55. The van der Waals surface area contributed by atoms with E-state index in [0.29, 0.717) is 0 Å². The maximum Gasteiger partial charge on any atom is 0.0224 e. The molecule has 0 amide bonds. The Morgan fingerprint density at radius 1 is 1.10 bits per heavy atom. The Labute approximate surface area is 131 Å². The number of nitrogens with zero attached hydrogens (tertiary/aromatic N) is 2. The molecule has 3 fully saturated rings. The fourth-order valence-electron chi connectivity index (χ4n) is 4.87. The van der Waals surface area contributed by atoms with Crippen LogP contribution >= 0.6 is 0 Å². The predicted molar refractivity (Wildman–Crippen MR) is 89.7 cm³/mol. The van der Waals surface area contributed by atoms with Crippen LogP contribution in [-0.4, -0.2) is 60.6 Å². The number of piperazine rings is 1. The van der Waals surface area contributed by atoms with Gasteiger partial charge in [-0.15, -0.1) is 0 Å². The molecule has 0 spiro atoms. The second kappa shape index (κ2) is 7.43. The van der Waals surface area contributed by atoms with Gasteiger partial charge in [0.2, 0.25) is 0 Å². The van der Waals surface area contributed by atoms with Crippen molar-refractivity contribution in [2.45, 2.75) is 76.9 Å². The monoisotopic (exact) mass is 293 g/mol. The van der Waals surface area contributed by atoms with Crippen molar-refractivity contribution in [3.05, 3.63) is 0 Å². The molecule has 4 atom stereocenters. The van der Waals surface area contributed by atoms with E-state index < -0.39 is 0 Å². The molecule has 2 heterocycles. The standard InChI is InChI=1S/C18H35N3/c1-3-10-19-18-8-4-6-16(18)9-12-20-14-17-7-5-11-21(17)13-15(20)2/h15-19H,3-14H2,1-2H3. The first-order valence-electron chi connectivity index (χ1n) is 9.49. The lowest BCUT2D eigenvalue weighted by Gasteiger charge is -2.42. The molecule has 0 bridgehead atoms. The summed E-state index contributed by atoms with van der Waals surface area (Å²) in [5, 5.41) is 3.79. The topological polar surface area (TPSA) is 18.5 Å². The molecule has 3 nitrogen and oxygen atoms in total. The van der Waals surface area contributed by atoms with Crippen molar-refractivity contribution in [2.24, 2.45) is 5.92 Å². The second-order valence-corrected chi connectivity index (χ2v) is 7.68. The van der Waals surface area contributed by atoms with Crippen LogP contribution in [0, 0.1) is 5.92 Å². The zero-order valence-corrected chi connectivity index (χ0v) is 14.2. The molecular formula is C18H35N3. The van der Waals surface area contributed by atoms with E-state index in [4.69, 9.17) is 0 Å². The molecule has 1 saturated carbocycles. The summed E-state index contributed by atoms with van der Waals surface area (Å²) in [6, 6.07) is 2.45. The average Bonchev–Trinajstić information content (AvgIpc) is 3.10. The summed E-state index contributed by atoms with van der Waals surface area (Å²) in [5.74, 6) is 0.936. The van der Waals surface area contributed by atoms with E-state index in [1.165, 1.54) is 77.7 Å². The van der Waals surface area contributed by atoms with Crippen molar-refractivity contribution in [1.82, 2.24) is 15.1 Å². The third-order valence-electron chi connectivity index (χ3n) is 6.17. The first-order chi connectivity index (χ1) is 10.3. The molecule has 2 aliphatic heterocycles. The quantitative estimate of drug-likeness (QED) is 0.812. The first-order valence-corrected chi connectivity index (χ1v) is 9.49. The molecule has 0 aromatic rings. The maximum absolute atomic E-state index is 3.79. The highest BCUT2D eigenvalue weighted by atomic mass is 15.3. The van der Waals surface area contributed by atoms with Gasteiger partial charge in [0.25, 0.3) is 0 Å². The average molecular weight is 293 g/mol. The number of rotatable bonds is 6. The van der Waals surface area contributed by atoms with Crippen LogP contribution in [0.1, 0.15) is 58.8 Å². The fourth-order valence-corrected chi connectivity index (χ4v) is 4.87. The summed E-state index contributed by atoms with van der Waals surface area (Å²) in [5.41, 5.74) is 0. The van der Waals surface area contributed by atoms with Gasteiger partial charge in [-0.2, -0.15) is 0 Å². The van der Waals surface area contributed by atoms with Crippen LogP contribution < -0.4 is 5.32 Å². The highest BCUT2D eigenvalue weighted by Crippen LogP contribution is 2.30. The summed E-state index contributed by atoms with van der Waals surface area (Å²) in [6.45, 7) is 11.3. The molecule has 3 aliphatic rings. The Hall–Kier alpha value is -0.120. The van der Waals surface area contributed by atoms with Gasteiger partial charge in [0.1, 0.15) is 0 Å². The van der Waals surface area contributed by atoms with Crippen molar-refractivity contribution in [1.29, 1.82) is 0 Å². The Balaban J connectivity index is 1.45. The van der Waals surface area contributed by atoms with Crippen LogP contribution in [0.2, 0.25) is 0 Å². The Morgan fingerprint density at radius 2 is 2.00 bits per heavy atom. The minimum Gasteiger partial charge on any atom is -0.314 e. The third kappa shape index (κ3) is 3.80. The van der Waals surface area contributed by atoms with E-state index >= 15 is 0 Å². The van der Waals surface area contributed by atoms with Crippen LogP contribution in [0.3, 0.4) is 0 Å². The number of fused-ring (bicyclic) bond motifs is 1. The van der Waals surface area contributed by atoms with Gasteiger partial charge in [-0.1, -0.05) is 13.3 Å². The molecule has 1 N–H and O–H groups in total. The molecule has 4 unspecified atom stereocenters. The van der Waals surface area contributed by atoms with Crippen LogP contribution in [0.15, 0.2) is 0 Å². The lowest BCUT2D eigenvalue weighted by atomic mass is 9.98. The lowest BCUT2D eigenvalue weighted by molar-refractivity contribution is 0.0547. The summed E-state index contributed by atoms with van der Waals surface area (Å²) in [7, 11) is 0. The molecule has 2 saturated heterocycles. The van der Waals surface area contributed by atoms with Crippen molar-refractivity contribution in [3.63, 3.8) is 0 Å². The largest absolute Gasteiger partial charge is 0.314 e. The van der Waals surface area contributed by atoms with Gasteiger partial charge in [0.05, 0.1) is 0 Å². The van der Waals surface area contributed by atoms with Gasteiger partial charge in [-0.3, -0.25) is 9.80 Å². The zero-order valence-electron chi connectivity index (χ0n) is 14.2. The van der Waals surface area contributed by atoms with E-state index in [-0.39, 0.29) is 0 Å². The highest BCUT2D eigenvalue weighted by Gasteiger charge is 2.35. The van der Waals surface area contributed by atoms with Crippen molar-refractivity contribution >= 4 is 0 Å². The van der Waals surface area contributed by atoms with E-state index in [9.17, 15) is 0 Å². The predicted octanol–water partition coefficient (Wildman–Crippen LogP) is 2.71. The third-order valence-corrected chi connectivity index (χ3v) is 6.17. The smallest absolute Gasteiger partial charge is 0.0224 e. The fraction of sp³-hybridized carbons (Fsp3) is 1.00. The molecular weight excluding hydrogens is 258 g/mol. The van der Waals surface area contributed by atoms with Crippen molar-refractivity contribution < 1.29 is 0 Å². The van der Waals surface area contributed by atoms with Crippen molar-refractivity contribution in [3.8, 4) is 0 Å². The number of hydrogen-bond donors (Lipinski definition) is 1. The van der Waals surface area contributed by atoms with E-state index in [0.717, 1.165) is 24.0 Å². The Bertz CT molecular complexity index is 320. The zero-order chi connectivity index (χ0) is 14.7. The molecule has 3 heteroatoms. The van der Waals surface area contributed by atoms with Crippen LogP contribution in [0.25, 0.3) is 0 Å². The van der Waals surface area contributed by atoms with Crippen LogP contribution in [0.5, 0.6) is 0 Å². The first kappa shape index (κ1) is 15.8. The summed E-state index contributed by atoms with van der Waals surface area (Å²) in [6.07, 6.45) is 9.86. The molecule has 1 aliphatic carbocycles. The Kier molecular flexibility index (Phi) is 5.58. The van der Waals surface area contributed by atoms with Crippen LogP contribution in [-0.2, 0) is 0 Å².